The minimum absolute atomic E-state index is 0.00519. The van der Waals surface area contributed by atoms with Gasteiger partial charge in [0.15, 0.2) is 0 Å². The maximum absolute atomic E-state index is 13.6. The first kappa shape index (κ1) is 13.0. The Morgan fingerprint density at radius 2 is 1.83 bits per heavy atom. The first-order valence-electron chi connectivity index (χ1n) is 6.23. The molecular weight excluding hydrogens is 236 g/mol. The third-order valence-electron chi connectivity index (χ3n) is 3.75. The molecule has 1 aliphatic heterocycles. The van der Waals surface area contributed by atoms with E-state index >= 15 is 0 Å². The quantitative estimate of drug-likeness (QED) is 0.807. The molecule has 0 saturated carbocycles. The summed E-state index contributed by atoms with van der Waals surface area (Å²) in [4.78, 5) is 4.23. The molecular formula is C14H17F2NO. The summed E-state index contributed by atoms with van der Waals surface area (Å²) < 4.78 is 32.7. The number of nitrogens with zero attached hydrogens (tertiary/aromatic N) is 1. The van der Waals surface area contributed by atoms with Gasteiger partial charge in [-0.25, -0.2) is 8.78 Å². The van der Waals surface area contributed by atoms with Gasteiger partial charge in [0, 0.05) is 5.41 Å². The zero-order chi connectivity index (χ0) is 13.2. The number of halogens is 2. The van der Waals surface area contributed by atoms with Crippen LogP contribution >= 0.6 is 0 Å². The van der Waals surface area contributed by atoms with Crippen molar-refractivity contribution in [1.82, 2.24) is 0 Å². The molecule has 4 heteroatoms. The summed E-state index contributed by atoms with van der Waals surface area (Å²) in [5.74, 6) is -1.17. The molecule has 18 heavy (non-hydrogen) atoms. The minimum atomic E-state index is -0.630. The fourth-order valence-corrected chi connectivity index (χ4v) is 2.08. The molecule has 0 saturated heterocycles. The first-order valence-corrected chi connectivity index (χ1v) is 6.23. The molecule has 0 atom stereocenters. The van der Waals surface area contributed by atoms with E-state index in [-0.39, 0.29) is 16.9 Å². The molecule has 0 radical (unpaired) electrons. The number of hydrogen-bond donors (Lipinski definition) is 0. The molecule has 0 spiro atoms. The Labute approximate surface area is 106 Å². The fraction of sp³-hybridized carbons (Fsp3) is 0.500. The molecule has 1 aromatic rings. The minimum Gasteiger partial charge on any atom is -0.477 e. The summed E-state index contributed by atoms with van der Waals surface area (Å²) in [5.41, 5.74) is -0.149. The number of hydrogen-bond acceptors (Lipinski definition) is 2. The lowest BCUT2D eigenvalue weighted by atomic mass is 9.83. The fourth-order valence-electron chi connectivity index (χ4n) is 2.08. The highest BCUT2D eigenvalue weighted by atomic mass is 19.1. The van der Waals surface area contributed by atoms with Gasteiger partial charge in [0.05, 0.1) is 13.2 Å². The molecule has 0 unspecified atom stereocenters. The van der Waals surface area contributed by atoms with E-state index in [4.69, 9.17) is 4.74 Å². The maximum atomic E-state index is 13.6. The van der Waals surface area contributed by atoms with E-state index in [1.807, 2.05) is 0 Å². The Hall–Kier alpha value is -1.45. The average molecular weight is 253 g/mol. The SMILES string of the molecule is CCC1(CC)CN=C(c2c(F)cccc2F)OC1. The second-order valence-electron chi connectivity index (χ2n) is 4.71. The lowest BCUT2D eigenvalue weighted by molar-refractivity contribution is 0.114. The molecule has 98 valence electrons. The Morgan fingerprint density at radius 3 is 2.28 bits per heavy atom. The van der Waals surface area contributed by atoms with Crippen molar-refractivity contribution in [3.8, 4) is 0 Å². The van der Waals surface area contributed by atoms with Crippen LogP contribution in [-0.4, -0.2) is 19.0 Å². The van der Waals surface area contributed by atoms with Crippen LogP contribution in [0.4, 0.5) is 8.78 Å². The third-order valence-corrected chi connectivity index (χ3v) is 3.75. The summed E-state index contributed by atoms with van der Waals surface area (Å²) in [7, 11) is 0. The van der Waals surface area contributed by atoms with Crippen LogP contribution in [0, 0.1) is 17.0 Å². The van der Waals surface area contributed by atoms with Gasteiger partial charge >= 0.3 is 0 Å². The number of rotatable bonds is 3. The molecule has 1 aromatic carbocycles. The monoisotopic (exact) mass is 253 g/mol. The second-order valence-corrected chi connectivity index (χ2v) is 4.71. The van der Waals surface area contributed by atoms with Crippen molar-refractivity contribution in [2.24, 2.45) is 10.4 Å². The van der Waals surface area contributed by atoms with Gasteiger partial charge in [-0.05, 0) is 25.0 Å². The topological polar surface area (TPSA) is 21.6 Å². The summed E-state index contributed by atoms with van der Waals surface area (Å²) >= 11 is 0. The molecule has 0 fully saturated rings. The van der Waals surface area contributed by atoms with Gasteiger partial charge in [0.25, 0.3) is 0 Å². The maximum Gasteiger partial charge on any atom is 0.222 e. The van der Waals surface area contributed by atoms with E-state index in [0.717, 1.165) is 12.8 Å². The highest BCUT2D eigenvalue weighted by Crippen LogP contribution is 2.31. The van der Waals surface area contributed by atoms with Crippen LogP contribution in [-0.2, 0) is 4.74 Å². The lowest BCUT2D eigenvalue weighted by Crippen LogP contribution is -2.35. The van der Waals surface area contributed by atoms with Crippen molar-refractivity contribution in [3.05, 3.63) is 35.4 Å². The second kappa shape index (κ2) is 5.04. The molecule has 1 heterocycles. The van der Waals surface area contributed by atoms with Gasteiger partial charge < -0.3 is 4.74 Å². The van der Waals surface area contributed by atoms with Crippen LogP contribution in [0.15, 0.2) is 23.2 Å². The van der Waals surface area contributed by atoms with E-state index in [2.05, 4.69) is 18.8 Å². The standard InChI is InChI=1S/C14H17F2NO/c1-3-14(4-2)8-17-13(18-9-14)12-10(15)6-5-7-11(12)16/h5-7H,3-4,8-9H2,1-2H3. The van der Waals surface area contributed by atoms with Gasteiger partial charge in [0.1, 0.15) is 17.2 Å². The summed E-state index contributed by atoms with van der Waals surface area (Å²) in [6.07, 6.45) is 1.89. The zero-order valence-corrected chi connectivity index (χ0v) is 10.7. The Bertz CT molecular complexity index is 447. The van der Waals surface area contributed by atoms with E-state index in [0.29, 0.717) is 13.2 Å². The highest BCUT2D eigenvalue weighted by molar-refractivity contribution is 5.95. The number of aliphatic imine (C=N–C) groups is 1. The number of benzene rings is 1. The van der Waals surface area contributed by atoms with E-state index in [1.54, 1.807) is 0 Å². The van der Waals surface area contributed by atoms with Crippen molar-refractivity contribution in [3.63, 3.8) is 0 Å². The van der Waals surface area contributed by atoms with Gasteiger partial charge in [0.2, 0.25) is 5.90 Å². The van der Waals surface area contributed by atoms with E-state index in [1.165, 1.54) is 18.2 Å². The molecule has 2 rings (SSSR count). The lowest BCUT2D eigenvalue weighted by Gasteiger charge is -2.33. The van der Waals surface area contributed by atoms with Crippen LogP contribution < -0.4 is 0 Å². The normalized spacial score (nSPS) is 18.1. The van der Waals surface area contributed by atoms with Gasteiger partial charge in [-0.15, -0.1) is 0 Å². The first-order chi connectivity index (χ1) is 8.62. The van der Waals surface area contributed by atoms with Crippen molar-refractivity contribution >= 4 is 5.90 Å². The van der Waals surface area contributed by atoms with Crippen LogP contribution in [0.1, 0.15) is 32.3 Å². The van der Waals surface area contributed by atoms with Crippen LogP contribution in [0.5, 0.6) is 0 Å². The van der Waals surface area contributed by atoms with Gasteiger partial charge in [-0.1, -0.05) is 19.9 Å². The molecule has 0 amide bonds. The summed E-state index contributed by atoms with van der Waals surface area (Å²) in [5, 5.41) is 0. The largest absolute Gasteiger partial charge is 0.477 e. The average Bonchev–Trinajstić information content (AvgIpc) is 2.39. The Kier molecular flexibility index (Phi) is 3.64. The van der Waals surface area contributed by atoms with Crippen LogP contribution in [0.2, 0.25) is 0 Å². The molecule has 0 N–H and O–H groups in total. The van der Waals surface area contributed by atoms with E-state index in [9.17, 15) is 8.78 Å². The third kappa shape index (κ3) is 2.24. The molecule has 2 nitrogen and oxygen atoms in total. The predicted molar refractivity (Wildman–Crippen MR) is 66.7 cm³/mol. The summed E-state index contributed by atoms with van der Waals surface area (Å²) in [6, 6.07) is 3.76. The van der Waals surface area contributed by atoms with E-state index < -0.39 is 11.6 Å². The van der Waals surface area contributed by atoms with Crippen molar-refractivity contribution in [2.75, 3.05) is 13.2 Å². The number of ether oxygens (including phenoxy) is 1. The van der Waals surface area contributed by atoms with Crippen molar-refractivity contribution in [1.29, 1.82) is 0 Å². The highest BCUT2D eigenvalue weighted by Gasteiger charge is 2.32. The van der Waals surface area contributed by atoms with Gasteiger partial charge in [-0.2, -0.15) is 0 Å². The smallest absolute Gasteiger partial charge is 0.222 e. The zero-order valence-electron chi connectivity index (χ0n) is 10.7. The van der Waals surface area contributed by atoms with Crippen molar-refractivity contribution < 1.29 is 13.5 Å². The molecule has 0 aromatic heterocycles. The summed E-state index contributed by atoms with van der Waals surface area (Å²) in [6.45, 7) is 5.18. The molecule has 0 aliphatic carbocycles. The Morgan fingerprint density at radius 1 is 1.22 bits per heavy atom. The Balaban J connectivity index is 2.30. The van der Waals surface area contributed by atoms with Crippen LogP contribution in [0.25, 0.3) is 0 Å². The molecule has 0 bridgehead atoms. The van der Waals surface area contributed by atoms with Crippen molar-refractivity contribution in [2.45, 2.75) is 26.7 Å². The van der Waals surface area contributed by atoms with Gasteiger partial charge in [-0.3, -0.25) is 4.99 Å². The molecule has 1 aliphatic rings. The van der Waals surface area contributed by atoms with Crippen LogP contribution in [0.3, 0.4) is 0 Å². The predicted octanol–water partition coefficient (Wildman–Crippen LogP) is 3.55.